The first-order chi connectivity index (χ1) is 11.7. The van der Waals surface area contributed by atoms with Gasteiger partial charge in [-0.05, 0) is 35.9 Å². The van der Waals surface area contributed by atoms with Crippen LogP contribution in [-0.4, -0.2) is 22.4 Å². The molecule has 0 heterocycles. The number of phenols is 2. The Labute approximate surface area is 140 Å². The highest BCUT2D eigenvalue weighted by molar-refractivity contribution is 5.95. The highest BCUT2D eigenvalue weighted by Crippen LogP contribution is 2.34. The smallest absolute Gasteiger partial charge is 0.417 e. The zero-order valence-corrected chi connectivity index (χ0v) is 12.7. The minimum Gasteiger partial charge on any atom is -0.508 e. The van der Waals surface area contributed by atoms with Crippen LogP contribution in [0.2, 0.25) is 0 Å². The van der Waals surface area contributed by atoms with Crippen LogP contribution in [0.3, 0.4) is 0 Å². The van der Waals surface area contributed by atoms with Gasteiger partial charge in [-0.15, -0.1) is 0 Å². The molecule has 1 amide bonds. The Morgan fingerprint density at radius 3 is 2.28 bits per heavy atom. The van der Waals surface area contributed by atoms with Crippen molar-refractivity contribution in [2.45, 2.75) is 12.6 Å². The van der Waals surface area contributed by atoms with Gasteiger partial charge >= 0.3 is 6.18 Å². The summed E-state index contributed by atoms with van der Waals surface area (Å²) in [5.74, 6) is 3.29. The van der Waals surface area contributed by atoms with Gasteiger partial charge in [0.1, 0.15) is 17.8 Å². The molecular weight excluding hydrogens is 341 g/mol. The van der Waals surface area contributed by atoms with E-state index in [1.165, 1.54) is 0 Å². The average Bonchev–Trinajstić information content (AvgIpc) is 2.54. The summed E-state index contributed by atoms with van der Waals surface area (Å²) in [5, 5.41) is 17.8. The molecule has 0 aliphatic rings. The lowest BCUT2D eigenvalue weighted by atomic mass is 10.1. The molecule has 0 saturated heterocycles. The summed E-state index contributed by atoms with van der Waals surface area (Å²) in [6.45, 7) is 0. The van der Waals surface area contributed by atoms with Gasteiger partial charge in [0, 0.05) is 6.42 Å². The summed E-state index contributed by atoms with van der Waals surface area (Å²) >= 11 is 0. The van der Waals surface area contributed by atoms with Crippen molar-refractivity contribution in [1.29, 1.82) is 0 Å². The van der Waals surface area contributed by atoms with Crippen LogP contribution >= 0.6 is 0 Å². The van der Waals surface area contributed by atoms with Crippen molar-refractivity contribution in [3.63, 3.8) is 0 Å². The maximum atomic E-state index is 12.4. The fraction of sp³-hybridized carbons (Fsp3) is 0.125. The highest BCUT2D eigenvalue weighted by atomic mass is 19.4. The first-order valence-corrected chi connectivity index (χ1v) is 6.81. The molecular formula is C16H15F3N2O4. The van der Waals surface area contributed by atoms with Crippen LogP contribution in [0.4, 0.5) is 13.2 Å². The fourth-order valence-electron chi connectivity index (χ4n) is 1.82. The van der Waals surface area contributed by atoms with E-state index in [4.69, 9.17) is 16.1 Å². The monoisotopic (exact) mass is 356 g/mol. The second-order valence-corrected chi connectivity index (χ2v) is 4.74. The van der Waals surface area contributed by atoms with Gasteiger partial charge in [-0.25, -0.2) is 5.84 Å². The number of aromatic hydroxyl groups is 2. The van der Waals surface area contributed by atoms with Gasteiger partial charge < -0.3 is 15.0 Å². The number of aldehydes is 1. The van der Waals surface area contributed by atoms with Gasteiger partial charge in [-0.1, -0.05) is 12.1 Å². The summed E-state index contributed by atoms with van der Waals surface area (Å²) in [7, 11) is 0. The molecule has 6 nitrogen and oxygen atoms in total. The maximum Gasteiger partial charge on any atom is 0.417 e. The second-order valence-electron chi connectivity index (χ2n) is 4.74. The van der Waals surface area contributed by atoms with E-state index in [0.717, 1.165) is 24.0 Å². The molecule has 9 heteroatoms. The molecule has 0 atom stereocenters. The third-order valence-corrected chi connectivity index (χ3v) is 2.91. The largest absolute Gasteiger partial charge is 0.508 e. The molecule has 0 aliphatic heterocycles. The molecule has 0 bridgehead atoms. The summed E-state index contributed by atoms with van der Waals surface area (Å²) in [4.78, 5) is 21.0. The first-order valence-electron chi connectivity index (χ1n) is 6.81. The van der Waals surface area contributed by atoms with Crippen LogP contribution in [0.15, 0.2) is 42.5 Å². The predicted octanol–water partition coefficient (Wildman–Crippen LogP) is 2.15. The van der Waals surface area contributed by atoms with E-state index in [9.17, 15) is 22.8 Å². The second kappa shape index (κ2) is 8.69. The Morgan fingerprint density at radius 2 is 1.76 bits per heavy atom. The van der Waals surface area contributed by atoms with Crippen molar-refractivity contribution in [1.82, 2.24) is 5.43 Å². The predicted molar refractivity (Wildman–Crippen MR) is 82.6 cm³/mol. The Kier molecular flexibility index (Phi) is 6.94. The molecule has 2 rings (SSSR count). The number of hydrogen-bond donors (Lipinski definition) is 4. The Balaban J connectivity index is 0.000000271. The number of carbonyl (C=O) groups excluding carboxylic acids is 2. The van der Waals surface area contributed by atoms with E-state index in [1.807, 2.05) is 0 Å². The number of benzene rings is 2. The van der Waals surface area contributed by atoms with Gasteiger partial charge in [-0.3, -0.25) is 10.2 Å². The zero-order valence-electron chi connectivity index (χ0n) is 12.7. The van der Waals surface area contributed by atoms with Crippen LogP contribution in [0.5, 0.6) is 11.5 Å². The van der Waals surface area contributed by atoms with Gasteiger partial charge in [0.05, 0.1) is 11.1 Å². The molecule has 134 valence electrons. The molecule has 2 aromatic carbocycles. The Bertz CT molecular complexity index is 748. The number of carbonyl (C=O) groups is 2. The molecule has 0 aromatic heterocycles. The normalized spacial score (nSPS) is 10.4. The standard InChI is InChI=1S/C8H7F3N2O2.C8H8O2/c9-8(10,11)6-3-4(14)1-2-5(6)7(15)13-12;9-5-4-7-2-1-3-8(10)6-7/h1-3,14H,12H2,(H,13,15);1-3,5-6,10H,4H2. The first kappa shape index (κ1) is 20.0. The molecule has 0 spiro atoms. The van der Waals surface area contributed by atoms with Crippen LogP contribution in [-0.2, 0) is 17.4 Å². The van der Waals surface area contributed by atoms with E-state index in [-0.39, 0.29) is 5.75 Å². The van der Waals surface area contributed by atoms with E-state index < -0.39 is 29.0 Å². The number of nitrogens with two attached hydrogens (primary N) is 1. The number of hydrogen-bond acceptors (Lipinski definition) is 5. The highest BCUT2D eigenvalue weighted by Gasteiger charge is 2.35. The molecule has 0 aliphatic carbocycles. The molecule has 25 heavy (non-hydrogen) atoms. The van der Waals surface area contributed by atoms with E-state index >= 15 is 0 Å². The molecule has 2 aromatic rings. The summed E-state index contributed by atoms with van der Waals surface area (Å²) < 4.78 is 37.2. The number of nitrogen functional groups attached to an aromatic ring is 1. The number of alkyl halides is 3. The summed E-state index contributed by atoms with van der Waals surface area (Å²) in [6.07, 6.45) is -3.54. The summed E-state index contributed by atoms with van der Waals surface area (Å²) in [5.41, 5.74) is 0.568. The lowest BCUT2D eigenvalue weighted by Crippen LogP contribution is -2.31. The van der Waals surface area contributed by atoms with Gasteiger partial charge in [0.15, 0.2) is 0 Å². The molecule has 0 fully saturated rings. The third-order valence-electron chi connectivity index (χ3n) is 2.91. The van der Waals surface area contributed by atoms with E-state index in [0.29, 0.717) is 12.5 Å². The van der Waals surface area contributed by atoms with Crippen LogP contribution in [0, 0.1) is 0 Å². The van der Waals surface area contributed by atoms with Crippen molar-refractivity contribution in [2.75, 3.05) is 0 Å². The number of amides is 1. The maximum absolute atomic E-state index is 12.4. The fourth-order valence-corrected chi connectivity index (χ4v) is 1.82. The third kappa shape index (κ3) is 6.15. The van der Waals surface area contributed by atoms with Gasteiger partial charge in [0.25, 0.3) is 5.91 Å². The SMILES string of the molecule is NNC(=O)c1ccc(O)cc1C(F)(F)F.O=CCc1cccc(O)c1. The van der Waals surface area contributed by atoms with Crippen molar-refractivity contribution >= 4 is 12.2 Å². The molecule has 0 radical (unpaired) electrons. The topological polar surface area (TPSA) is 113 Å². The van der Waals surface area contributed by atoms with Crippen molar-refractivity contribution in [2.24, 2.45) is 5.84 Å². The van der Waals surface area contributed by atoms with Gasteiger partial charge in [0.2, 0.25) is 0 Å². The van der Waals surface area contributed by atoms with Crippen LogP contribution < -0.4 is 11.3 Å². The minimum absolute atomic E-state index is 0.208. The molecule has 0 unspecified atom stereocenters. The van der Waals surface area contributed by atoms with Crippen LogP contribution in [0.1, 0.15) is 21.5 Å². The number of halogens is 3. The van der Waals surface area contributed by atoms with Crippen molar-refractivity contribution in [3.8, 4) is 11.5 Å². The molecule has 5 N–H and O–H groups in total. The Hall–Kier alpha value is -3.07. The van der Waals surface area contributed by atoms with Gasteiger partial charge in [-0.2, -0.15) is 13.2 Å². The average molecular weight is 356 g/mol. The quantitative estimate of drug-likeness (QED) is 0.291. The lowest BCUT2D eigenvalue weighted by molar-refractivity contribution is -0.138. The summed E-state index contributed by atoms with van der Waals surface area (Å²) in [6, 6.07) is 8.95. The lowest BCUT2D eigenvalue weighted by Gasteiger charge is -2.11. The Morgan fingerprint density at radius 1 is 1.12 bits per heavy atom. The van der Waals surface area contributed by atoms with E-state index in [1.54, 1.807) is 29.7 Å². The van der Waals surface area contributed by atoms with Crippen molar-refractivity contribution < 1.29 is 33.0 Å². The minimum atomic E-state index is -4.72. The number of nitrogens with one attached hydrogen (secondary N) is 1. The zero-order chi connectivity index (χ0) is 19.0. The van der Waals surface area contributed by atoms with Crippen molar-refractivity contribution in [3.05, 3.63) is 59.2 Å². The van der Waals surface area contributed by atoms with E-state index in [2.05, 4.69) is 0 Å². The van der Waals surface area contributed by atoms with Crippen LogP contribution in [0.25, 0.3) is 0 Å². The number of hydrazine groups is 1. The molecule has 0 saturated carbocycles. The number of rotatable bonds is 3. The number of phenolic OH excluding ortho intramolecular Hbond substituents is 2.